The SMILES string of the molecule is C1=c2ccc([nH]2)=Cc2ccc(n2-c2cc(OCCc3ccccn3)cc(OCCc3ccccn3)c2)C=c2[nH]c(c3ccc4ccccc4c23)=Cc2ccc1n2-c1cc(OCCc2ccccn2)cc(OCCc2ccccn2)c1. The van der Waals surface area contributed by atoms with Gasteiger partial charge in [-0.2, -0.15) is 0 Å². The summed E-state index contributed by atoms with van der Waals surface area (Å²) < 4.78 is 30.8. The molecule has 13 rings (SSSR count). The molecule has 4 aromatic carbocycles. The highest BCUT2D eigenvalue weighted by molar-refractivity contribution is 6.08. The Bertz CT molecular complexity index is 4250. The lowest BCUT2D eigenvalue weighted by atomic mass is 10.0. The number of hydrogen-bond donors (Lipinski definition) is 2. The molecule has 80 heavy (non-hydrogen) atoms. The summed E-state index contributed by atoms with van der Waals surface area (Å²) in [5, 5.41) is 8.29. The summed E-state index contributed by atoms with van der Waals surface area (Å²) in [5.74, 6) is 2.76. The van der Waals surface area contributed by atoms with Gasteiger partial charge in [0, 0.05) is 165 Å². The van der Waals surface area contributed by atoms with Crippen molar-refractivity contribution in [1.82, 2.24) is 39.0 Å². The summed E-state index contributed by atoms with van der Waals surface area (Å²) in [6.45, 7) is 1.77. The molecule has 0 saturated heterocycles. The van der Waals surface area contributed by atoms with Crippen LogP contribution in [0.3, 0.4) is 0 Å². The molecule has 0 atom stereocenters. The van der Waals surface area contributed by atoms with Gasteiger partial charge >= 0.3 is 0 Å². The predicted octanol–water partition coefficient (Wildman–Crippen LogP) is 9.93. The third-order valence-electron chi connectivity index (χ3n) is 14.2. The first kappa shape index (κ1) is 49.4. The molecule has 8 aromatic heterocycles. The molecule has 12 nitrogen and oxygen atoms in total. The zero-order valence-electron chi connectivity index (χ0n) is 43.9. The summed E-state index contributed by atoms with van der Waals surface area (Å²) in [6, 6.07) is 62.1. The second-order valence-corrected chi connectivity index (χ2v) is 19.6. The molecule has 2 N–H and O–H groups in total. The molecule has 0 saturated carbocycles. The average Bonchev–Trinajstić information content (AvgIpc) is 4.50. The third kappa shape index (κ3) is 11.1. The highest BCUT2D eigenvalue weighted by Crippen LogP contribution is 2.32. The van der Waals surface area contributed by atoms with Crippen molar-refractivity contribution >= 4 is 45.8 Å². The smallest absolute Gasteiger partial charge is 0.125 e. The molecule has 9 heterocycles. The number of pyridine rings is 4. The number of aromatic nitrogens is 8. The van der Waals surface area contributed by atoms with E-state index in [-0.39, 0.29) is 0 Å². The summed E-state index contributed by atoms with van der Waals surface area (Å²) in [4.78, 5) is 25.8. The fourth-order valence-electron chi connectivity index (χ4n) is 10.5. The van der Waals surface area contributed by atoms with Crippen molar-refractivity contribution in [1.29, 1.82) is 0 Å². The first-order chi connectivity index (χ1) is 39.6. The van der Waals surface area contributed by atoms with Gasteiger partial charge in [-0.1, -0.05) is 60.7 Å². The minimum absolute atomic E-state index is 0.442. The number of rotatable bonds is 18. The normalized spacial score (nSPS) is 11.8. The van der Waals surface area contributed by atoms with Gasteiger partial charge in [0.2, 0.25) is 0 Å². The van der Waals surface area contributed by atoms with E-state index in [4.69, 9.17) is 18.9 Å². The van der Waals surface area contributed by atoms with Crippen molar-refractivity contribution in [3.8, 4) is 34.4 Å². The molecule has 12 aromatic rings. The summed E-state index contributed by atoms with van der Waals surface area (Å²) >= 11 is 0. The van der Waals surface area contributed by atoms with Crippen LogP contribution in [0.5, 0.6) is 23.0 Å². The lowest BCUT2D eigenvalue weighted by Gasteiger charge is -2.16. The van der Waals surface area contributed by atoms with Crippen LogP contribution in [0.4, 0.5) is 0 Å². The van der Waals surface area contributed by atoms with Gasteiger partial charge in [0.25, 0.3) is 0 Å². The van der Waals surface area contributed by atoms with E-state index in [1.54, 1.807) is 0 Å². The minimum atomic E-state index is 0.442. The maximum absolute atomic E-state index is 6.56. The highest BCUT2D eigenvalue weighted by Gasteiger charge is 2.17. The molecule has 1 aliphatic rings. The van der Waals surface area contributed by atoms with E-state index < -0.39 is 0 Å². The monoisotopic (exact) mass is 1050 g/mol. The first-order valence-electron chi connectivity index (χ1n) is 27.1. The van der Waals surface area contributed by atoms with Crippen molar-refractivity contribution in [3.05, 3.63) is 274 Å². The van der Waals surface area contributed by atoms with Crippen molar-refractivity contribution in [2.45, 2.75) is 25.7 Å². The van der Waals surface area contributed by atoms with Gasteiger partial charge in [0.1, 0.15) is 23.0 Å². The Labute approximate surface area is 462 Å². The Hall–Kier alpha value is -10.2. The van der Waals surface area contributed by atoms with Crippen molar-refractivity contribution in [2.24, 2.45) is 0 Å². The van der Waals surface area contributed by atoms with E-state index in [1.165, 1.54) is 0 Å². The Morgan fingerprint density at radius 1 is 0.338 bits per heavy atom. The van der Waals surface area contributed by atoms with Gasteiger partial charge in [-0.3, -0.25) is 19.9 Å². The van der Waals surface area contributed by atoms with E-state index >= 15 is 0 Å². The number of benzene rings is 4. The molecule has 1 aliphatic heterocycles. The minimum Gasteiger partial charge on any atom is -0.493 e. The van der Waals surface area contributed by atoms with E-state index in [1.807, 2.05) is 110 Å². The molecule has 8 bridgehead atoms. The predicted molar refractivity (Wildman–Crippen MR) is 315 cm³/mol. The first-order valence-corrected chi connectivity index (χ1v) is 27.1. The van der Waals surface area contributed by atoms with Crippen molar-refractivity contribution in [2.75, 3.05) is 26.4 Å². The molecule has 0 spiro atoms. The quantitative estimate of drug-likeness (QED) is 0.0870. The van der Waals surface area contributed by atoms with Crippen LogP contribution in [-0.2, 0) is 25.7 Å². The van der Waals surface area contributed by atoms with Crippen LogP contribution in [0.2, 0.25) is 0 Å². The standard InChI is InChI=1S/C68H56N8O4/c1-2-16-64-47(11-1)17-24-65-66-43-56-22-20-54(75(56)58-39-60(77-33-25-48-12-3-7-29-69-48)45-61(40-58)78-34-26-49-13-4-8-30-70-49)37-52-18-19-53(73-52)38-55-21-23-57(44-67(74-66)68(64)65)76(55)59-41-62(79-35-27-50-14-5-9-31-71-50)46-63(42-59)80-36-28-51-15-6-10-32-72-51/h1-24,29-32,37-46,73-74H,25-28,33-36H2. The molecule has 0 radical (unpaired) electrons. The van der Waals surface area contributed by atoms with E-state index in [9.17, 15) is 0 Å². The van der Waals surface area contributed by atoms with Gasteiger partial charge < -0.3 is 38.0 Å². The molecule has 392 valence electrons. The fourth-order valence-corrected chi connectivity index (χ4v) is 10.5. The topological polar surface area (TPSA) is 130 Å². The second-order valence-electron chi connectivity index (χ2n) is 19.6. The number of fused-ring (bicyclic) bond motifs is 13. The number of hydrogen-bond acceptors (Lipinski definition) is 8. The average molecular weight is 1050 g/mol. The molecular formula is C68H56N8O4. The fraction of sp³-hybridized carbons (Fsp3) is 0.118. The summed E-state index contributed by atoms with van der Waals surface area (Å²) in [6.07, 6.45) is 18.7. The number of nitrogens with zero attached hydrogens (tertiary/aromatic N) is 6. The molecule has 0 fully saturated rings. The highest BCUT2D eigenvalue weighted by atomic mass is 16.5. The lowest BCUT2D eigenvalue weighted by Crippen LogP contribution is -2.14. The Morgan fingerprint density at radius 3 is 1.16 bits per heavy atom. The van der Waals surface area contributed by atoms with Gasteiger partial charge in [-0.25, -0.2) is 0 Å². The van der Waals surface area contributed by atoms with Crippen molar-refractivity contribution < 1.29 is 18.9 Å². The Morgan fingerprint density at radius 2 is 0.738 bits per heavy atom. The number of ether oxygens (including phenoxy) is 4. The number of H-pyrrole nitrogens is 2. The molecule has 0 aliphatic carbocycles. The maximum atomic E-state index is 6.56. The zero-order valence-corrected chi connectivity index (χ0v) is 43.9. The van der Waals surface area contributed by atoms with Crippen LogP contribution in [0.25, 0.3) is 57.2 Å². The second kappa shape index (κ2) is 22.8. The molecule has 0 amide bonds. The van der Waals surface area contributed by atoms with E-state index in [0.29, 0.717) is 75.1 Å². The molecule has 12 heteroatoms. The van der Waals surface area contributed by atoms with E-state index in [2.05, 4.69) is 160 Å². The van der Waals surface area contributed by atoms with Gasteiger partial charge in [-0.05, 0) is 120 Å². The van der Waals surface area contributed by atoms with E-state index in [0.717, 1.165) is 99.9 Å². The zero-order chi connectivity index (χ0) is 53.5. The maximum Gasteiger partial charge on any atom is 0.125 e. The number of nitrogens with one attached hydrogen (secondary N) is 2. The molecule has 0 unspecified atom stereocenters. The summed E-state index contributed by atoms with van der Waals surface area (Å²) in [5.41, 5.74) is 9.44. The van der Waals surface area contributed by atoms with Crippen LogP contribution < -0.4 is 40.3 Å². The lowest BCUT2D eigenvalue weighted by molar-refractivity contribution is 0.304. The van der Waals surface area contributed by atoms with Gasteiger partial charge in [0.15, 0.2) is 0 Å². The van der Waals surface area contributed by atoms with Crippen LogP contribution >= 0.6 is 0 Å². The molecular weight excluding hydrogens is 993 g/mol. The van der Waals surface area contributed by atoms with Gasteiger partial charge in [-0.15, -0.1) is 0 Å². The Kier molecular flexibility index (Phi) is 14.1. The van der Waals surface area contributed by atoms with Crippen LogP contribution in [0.1, 0.15) is 45.6 Å². The van der Waals surface area contributed by atoms with Gasteiger partial charge in [0.05, 0.1) is 37.8 Å². The van der Waals surface area contributed by atoms with Crippen LogP contribution in [0.15, 0.2) is 207 Å². The van der Waals surface area contributed by atoms with Crippen LogP contribution in [0, 0.1) is 0 Å². The largest absolute Gasteiger partial charge is 0.493 e. The van der Waals surface area contributed by atoms with Crippen molar-refractivity contribution in [3.63, 3.8) is 0 Å². The third-order valence-corrected chi connectivity index (χ3v) is 14.2. The number of aromatic amines is 2. The Balaban J connectivity index is 0.958. The summed E-state index contributed by atoms with van der Waals surface area (Å²) in [7, 11) is 0. The van der Waals surface area contributed by atoms with Crippen LogP contribution in [-0.4, -0.2) is 65.5 Å².